The predicted molar refractivity (Wildman–Crippen MR) is 58.9 cm³/mol. The van der Waals surface area contributed by atoms with E-state index < -0.39 is 6.10 Å². The highest BCUT2D eigenvalue weighted by atomic mass is 19.1. The van der Waals surface area contributed by atoms with Crippen LogP contribution in [0.3, 0.4) is 0 Å². The predicted octanol–water partition coefficient (Wildman–Crippen LogP) is 2.37. The Labute approximate surface area is 93.2 Å². The van der Waals surface area contributed by atoms with E-state index in [1.807, 2.05) is 6.92 Å². The Bertz CT molecular complexity index is 505. The van der Waals surface area contributed by atoms with Crippen molar-refractivity contribution in [2.24, 2.45) is 0 Å². The van der Waals surface area contributed by atoms with Crippen molar-refractivity contribution in [2.75, 3.05) is 0 Å². The third-order valence-electron chi connectivity index (χ3n) is 2.54. The molecule has 1 atom stereocenters. The molecular weight excluding hydrogens is 207 g/mol. The SMILES string of the molecule is Cc1nccn1-c1ccc([C@H](C)O)cc1F. The molecule has 1 aromatic carbocycles. The lowest BCUT2D eigenvalue weighted by atomic mass is 10.1. The van der Waals surface area contributed by atoms with Gasteiger partial charge in [0.05, 0.1) is 11.8 Å². The lowest BCUT2D eigenvalue weighted by molar-refractivity contribution is 0.199. The van der Waals surface area contributed by atoms with E-state index in [2.05, 4.69) is 4.98 Å². The summed E-state index contributed by atoms with van der Waals surface area (Å²) in [5.41, 5.74) is 1.01. The first-order valence-corrected chi connectivity index (χ1v) is 5.07. The quantitative estimate of drug-likeness (QED) is 0.843. The minimum Gasteiger partial charge on any atom is -0.389 e. The Morgan fingerprint density at radius 2 is 2.19 bits per heavy atom. The van der Waals surface area contributed by atoms with Crippen LogP contribution in [0, 0.1) is 12.7 Å². The average molecular weight is 220 g/mol. The summed E-state index contributed by atoms with van der Waals surface area (Å²) in [4.78, 5) is 4.04. The average Bonchev–Trinajstić information content (AvgIpc) is 2.64. The monoisotopic (exact) mass is 220 g/mol. The summed E-state index contributed by atoms with van der Waals surface area (Å²) >= 11 is 0. The molecule has 0 unspecified atom stereocenters. The molecule has 0 aliphatic carbocycles. The molecule has 0 radical (unpaired) electrons. The number of benzene rings is 1. The van der Waals surface area contributed by atoms with Crippen molar-refractivity contribution in [1.82, 2.24) is 9.55 Å². The molecule has 84 valence electrons. The Hall–Kier alpha value is -1.68. The topological polar surface area (TPSA) is 38.0 Å². The molecule has 0 spiro atoms. The molecule has 1 aromatic heterocycles. The van der Waals surface area contributed by atoms with E-state index in [4.69, 9.17) is 0 Å². The van der Waals surface area contributed by atoms with Crippen LogP contribution < -0.4 is 0 Å². The lowest BCUT2D eigenvalue weighted by Gasteiger charge is -2.09. The van der Waals surface area contributed by atoms with Crippen molar-refractivity contribution >= 4 is 0 Å². The van der Waals surface area contributed by atoms with Crippen LogP contribution in [0.15, 0.2) is 30.6 Å². The minimum absolute atomic E-state index is 0.362. The normalized spacial score (nSPS) is 12.8. The molecule has 1 N–H and O–H groups in total. The van der Waals surface area contributed by atoms with E-state index in [9.17, 15) is 9.50 Å². The van der Waals surface area contributed by atoms with Crippen molar-refractivity contribution in [2.45, 2.75) is 20.0 Å². The molecule has 0 aliphatic rings. The zero-order chi connectivity index (χ0) is 11.7. The smallest absolute Gasteiger partial charge is 0.147 e. The van der Waals surface area contributed by atoms with Gasteiger partial charge < -0.3 is 9.67 Å². The van der Waals surface area contributed by atoms with Gasteiger partial charge in [-0.15, -0.1) is 0 Å². The molecule has 0 saturated carbocycles. The second kappa shape index (κ2) is 4.06. The first kappa shape index (κ1) is 10.8. The van der Waals surface area contributed by atoms with Crippen LogP contribution in [0.4, 0.5) is 4.39 Å². The second-order valence-electron chi connectivity index (χ2n) is 3.73. The van der Waals surface area contributed by atoms with Gasteiger partial charge in [0.1, 0.15) is 11.6 Å². The maximum Gasteiger partial charge on any atom is 0.147 e. The van der Waals surface area contributed by atoms with Crippen LogP contribution in [0.25, 0.3) is 5.69 Å². The molecule has 0 aliphatic heterocycles. The first-order valence-electron chi connectivity index (χ1n) is 5.07. The molecule has 1 heterocycles. The van der Waals surface area contributed by atoms with Gasteiger partial charge in [0.15, 0.2) is 0 Å². The van der Waals surface area contributed by atoms with Gasteiger partial charge in [-0.05, 0) is 31.5 Å². The van der Waals surface area contributed by atoms with Gasteiger partial charge in [-0.2, -0.15) is 0 Å². The summed E-state index contributed by atoms with van der Waals surface area (Å²) in [6.07, 6.45) is 2.67. The van der Waals surface area contributed by atoms with Gasteiger partial charge in [0.2, 0.25) is 0 Å². The van der Waals surface area contributed by atoms with Crippen molar-refractivity contribution < 1.29 is 9.50 Å². The molecule has 4 heteroatoms. The molecule has 3 nitrogen and oxygen atoms in total. The number of halogens is 1. The van der Waals surface area contributed by atoms with Crippen LogP contribution in [0.5, 0.6) is 0 Å². The number of hydrogen-bond donors (Lipinski definition) is 1. The molecule has 2 aromatic rings. The highest BCUT2D eigenvalue weighted by Crippen LogP contribution is 2.20. The standard InChI is InChI=1S/C12H13FN2O/c1-8(16)10-3-4-12(11(13)7-10)15-6-5-14-9(15)2/h3-8,16H,1-2H3/t8-/m0/s1. The van der Waals surface area contributed by atoms with Crippen LogP contribution in [0.1, 0.15) is 24.4 Å². The number of aliphatic hydroxyl groups excluding tert-OH is 1. The zero-order valence-electron chi connectivity index (χ0n) is 9.18. The van der Waals surface area contributed by atoms with Crippen LogP contribution in [-0.2, 0) is 0 Å². The third-order valence-corrected chi connectivity index (χ3v) is 2.54. The number of aryl methyl sites for hydroxylation is 1. The van der Waals surface area contributed by atoms with E-state index in [1.54, 1.807) is 36.0 Å². The van der Waals surface area contributed by atoms with E-state index in [0.717, 1.165) is 5.82 Å². The largest absolute Gasteiger partial charge is 0.389 e. The summed E-state index contributed by atoms with van der Waals surface area (Å²) in [6.45, 7) is 3.42. The number of nitrogens with zero attached hydrogens (tertiary/aromatic N) is 2. The van der Waals surface area contributed by atoms with Gasteiger partial charge >= 0.3 is 0 Å². The first-order chi connectivity index (χ1) is 7.59. The highest BCUT2D eigenvalue weighted by molar-refractivity contribution is 5.38. The summed E-state index contributed by atoms with van der Waals surface area (Å²) in [5.74, 6) is 0.364. The summed E-state index contributed by atoms with van der Waals surface area (Å²) in [6, 6.07) is 4.70. The van der Waals surface area contributed by atoms with Crippen molar-refractivity contribution in [3.8, 4) is 5.69 Å². The van der Waals surface area contributed by atoms with Gasteiger partial charge in [-0.25, -0.2) is 9.37 Å². The maximum atomic E-state index is 13.8. The summed E-state index contributed by atoms with van der Waals surface area (Å²) < 4.78 is 15.5. The number of aliphatic hydroxyl groups is 1. The number of rotatable bonds is 2. The number of aromatic nitrogens is 2. The van der Waals surface area contributed by atoms with E-state index >= 15 is 0 Å². The van der Waals surface area contributed by atoms with Crippen molar-refractivity contribution in [1.29, 1.82) is 0 Å². The highest BCUT2D eigenvalue weighted by Gasteiger charge is 2.09. The third kappa shape index (κ3) is 1.84. The summed E-state index contributed by atoms with van der Waals surface area (Å²) in [5, 5.41) is 9.34. The fourth-order valence-electron chi connectivity index (χ4n) is 1.61. The lowest BCUT2D eigenvalue weighted by Crippen LogP contribution is -2.01. The number of imidazole rings is 1. The van der Waals surface area contributed by atoms with Crippen LogP contribution in [-0.4, -0.2) is 14.7 Å². The molecule has 0 saturated heterocycles. The van der Waals surface area contributed by atoms with Crippen molar-refractivity contribution in [3.63, 3.8) is 0 Å². The van der Waals surface area contributed by atoms with Crippen molar-refractivity contribution in [3.05, 3.63) is 47.8 Å². The van der Waals surface area contributed by atoms with Gasteiger partial charge in [0.25, 0.3) is 0 Å². The van der Waals surface area contributed by atoms with Gasteiger partial charge in [-0.3, -0.25) is 0 Å². The zero-order valence-corrected chi connectivity index (χ0v) is 9.18. The van der Waals surface area contributed by atoms with Crippen LogP contribution >= 0.6 is 0 Å². The molecule has 2 rings (SSSR count). The molecule has 0 fully saturated rings. The Balaban J connectivity index is 2.48. The fraction of sp³-hybridized carbons (Fsp3) is 0.250. The van der Waals surface area contributed by atoms with E-state index in [0.29, 0.717) is 11.3 Å². The number of hydrogen-bond acceptors (Lipinski definition) is 2. The molecule has 0 bridgehead atoms. The Morgan fingerprint density at radius 1 is 1.44 bits per heavy atom. The minimum atomic E-state index is -0.660. The van der Waals surface area contributed by atoms with E-state index in [-0.39, 0.29) is 5.82 Å². The van der Waals surface area contributed by atoms with E-state index in [1.165, 1.54) is 6.07 Å². The molecule has 16 heavy (non-hydrogen) atoms. The second-order valence-corrected chi connectivity index (χ2v) is 3.73. The fourth-order valence-corrected chi connectivity index (χ4v) is 1.61. The molecule has 0 amide bonds. The molecular formula is C12H13FN2O. The Kier molecular flexibility index (Phi) is 2.75. The van der Waals surface area contributed by atoms with Gasteiger partial charge in [0, 0.05) is 12.4 Å². The summed E-state index contributed by atoms with van der Waals surface area (Å²) in [7, 11) is 0. The van der Waals surface area contributed by atoms with Gasteiger partial charge in [-0.1, -0.05) is 6.07 Å². The maximum absolute atomic E-state index is 13.8. The Morgan fingerprint density at radius 3 is 2.69 bits per heavy atom. The van der Waals surface area contributed by atoms with Crippen LogP contribution in [0.2, 0.25) is 0 Å².